The molecule has 1 fully saturated rings. The molecule has 0 saturated carbocycles. The van der Waals surface area contributed by atoms with Crippen molar-refractivity contribution in [3.8, 4) is 11.3 Å². The lowest BCUT2D eigenvalue weighted by molar-refractivity contribution is 0.0395. The van der Waals surface area contributed by atoms with E-state index in [4.69, 9.17) is 4.74 Å². The van der Waals surface area contributed by atoms with E-state index < -0.39 is 23.0 Å². The van der Waals surface area contributed by atoms with Crippen LogP contribution >= 0.6 is 0 Å². The smallest absolute Gasteiger partial charge is 0.263 e. The lowest BCUT2D eigenvalue weighted by Gasteiger charge is -2.33. The Kier molecular flexibility index (Phi) is 5.35. The molecule has 8 nitrogen and oxygen atoms in total. The maximum atomic E-state index is 14.8. The minimum atomic E-state index is -1.63. The molecule has 1 aliphatic heterocycles. The van der Waals surface area contributed by atoms with E-state index in [2.05, 4.69) is 15.1 Å². The number of nitrogens with zero attached hydrogens (tertiary/aromatic N) is 6. The third kappa shape index (κ3) is 3.61. The Morgan fingerprint density at radius 1 is 1.12 bits per heavy atom. The van der Waals surface area contributed by atoms with Crippen molar-refractivity contribution in [1.82, 2.24) is 24.3 Å². The van der Waals surface area contributed by atoms with Gasteiger partial charge in [-0.2, -0.15) is 5.10 Å². The van der Waals surface area contributed by atoms with Crippen molar-refractivity contribution >= 4 is 16.7 Å². The summed E-state index contributed by atoms with van der Waals surface area (Å²) >= 11 is 0. The van der Waals surface area contributed by atoms with Gasteiger partial charge >= 0.3 is 0 Å². The Hall–Kier alpha value is -3.73. The topological polar surface area (TPSA) is 78.1 Å². The molecule has 0 unspecified atom stereocenters. The number of hydrogen-bond acceptors (Lipinski definition) is 6. The van der Waals surface area contributed by atoms with Crippen LogP contribution < -0.4 is 10.5 Å². The molecule has 4 aromatic rings. The second-order valence-corrected chi connectivity index (χ2v) is 8.22. The number of benzene rings is 1. The number of ether oxygens (including phenoxy) is 1. The van der Waals surface area contributed by atoms with Crippen molar-refractivity contribution in [1.29, 1.82) is 0 Å². The summed E-state index contributed by atoms with van der Waals surface area (Å²) in [5.41, 5.74) is 0.305. The maximum absolute atomic E-state index is 14.8. The van der Waals surface area contributed by atoms with Crippen molar-refractivity contribution in [3.63, 3.8) is 0 Å². The summed E-state index contributed by atoms with van der Waals surface area (Å²) < 4.78 is 51.4. The summed E-state index contributed by atoms with van der Waals surface area (Å²) in [6, 6.07) is 3.54. The maximum Gasteiger partial charge on any atom is 0.263 e. The molecule has 11 heteroatoms. The molecule has 0 N–H and O–H groups in total. The van der Waals surface area contributed by atoms with Crippen LogP contribution in [0.2, 0.25) is 0 Å². The van der Waals surface area contributed by atoms with E-state index in [-0.39, 0.29) is 28.3 Å². The van der Waals surface area contributed by atoms with Gasteiger partial charge in [-0.3, -0.25) is 14.0 Å². The molecule has 1 aromatic carbocycles. The summed E-state index contributed by atoms with van der Waals surface area (Å²) in [6.45, 7) is 2.98. The standard InChI is InChI=1S/C23H21F3N6O2/c1-12-28-16-8-18(32-6-7-34-17(11-32)13-9-27-30(2)10-13)29-22(19(16)23(33)31(12)3)14-4-5-15(24)21(26)20(14)25/h4-5,8-10,17H,6-7,11H2,1-3H3/t17-/m1/s1. The van der Waals surface area contributed by atoms with Crippen LogP contribution in [0.5, 0.6) is 0 Å². The summed E-state index contributed by atoms with van der Waals surface area (Å²) in [5, 5.41) is 4.21. The van der Waals surface area contributed by atoms with E-state index in [1.807, 2.05) is 18.1 Å². The van der Waals surface area contributed by atoms with E-state index in [1.54, 1.807) is 23.9 Å². The molecule has 4 heterocycles. The fraction of sp³-hybridized carbons (Fsp3) is 0.304. The van der Waals surface area contributed by atoms with Crippen LogP contribution in [0.15, 0.2) is 35.4 Å². The first-order valence-electron chi connectivity index (χ1n) is 10.6. The molecule has 0 radical (unpaired) electrons. The minimum Gasteiger partial charge on any atom is -0.370 e. The first kappa shape index (κ1) is 22.1. The number of rotatable bonds is 3. The highest BCUT2D eigenvalue weighted by atomic mass is 19.2. The van der Waals surface area contributed by atoms with Crippen LogP contribution in [0, 0.1) is 24.4 Å². The first-order chi connectivity index (χ1) is 16.2. The molecule has 1 atom stereocenters. The largest absolute Gasteiger partial charge is 0.370 e. The monoisotopic (exact) mass is 470 g/mol. The Labute approximate surface area is 192 Å². The van der Waals surface area contributed by atoms with Gasteiger partial charge in [-0.05, 0) is 19.1 Å². The zero-order valence-electron chi connectivity index (χ0n) is 18.7. The van der Waals surface area contributed by atoms with Crippen LogP contribution in [0.25, 0.3) is 22.2 Å². The summed E-state index contributed by atoms with van der Waals surface area (Å²) in [6.07, 6.45) is 3.30. The van der Waals surface area contributed by atoms with Crippen molar-refractivity contribution in [2.24, 2.45) is 14.1 Å². The van der Waals surface area contributed by atoms with Crippen LogP contribution in [-0.4, -0.2) is 44.0 Å². The van der Waals surface area contributed by atoms with E-state index in [0.717, 1.165) is 17.7 Å². The molecule has 0 amide bonds. The average molecular weight is 470 g/mol. The van der Waals surface area contributed by atoms with Gasteiger partial charge in [0, 0.05) is 50.6 Å². The van der Waals surface area contributed by atoms with E-state index in [9.17, 15) is 18.0 Å². The highest BCUT2D eigenvalue weighted by molar-refractivity contribution is 5.93. The van der Waals surface area contributed by atoms with Crippen molar-refractivity contribution in [2.75, 3.05) is 24.6 Å². The van der Waals surface area contributed by atoms with Gasteiger partial charge in [0.1, 0.15) is 17.7 Å². The molecule has 0 bridgehead atoms. The van der Waals surface area contributed by atoms with Crippen molar-refractivity contribution in [2.45, 2.75) is 13.0 Å². The lowest BCUT2D eigenvalue weighted by Crippen LogP contribution is -2.39. The van der Waals surface area contributed by atoms with Crippen LogP contribution in [0.1, 0.15) is 17.5 Å². The first-order valence-corrected chi connectivity index (χ1v) is 10.6. The summed E-state index contributed by atoms with van der Waals surface area (Å²) in [4.78, 5) is 24.1. The molecular formula is C23H21F3N6O2. The fourth-order valence-electron chi connectivity index (χ4n) is 4.11. The van der Waals surface area contributed by atoms with Gasteiger partial charge in [-0.15, -0.1) is 0 Å². The number of halogens is 3. The molecule has 34 heavy (non-hydrogen) atoms. The zero-order valence-corrected chi connectivity index (χ0v) is 18.7. The predicted octanol–water partition coefficient (Wildman–Crippen LogP) is 3.03. The Bertz CT molecular complexity index is 1480. The second kappa shape index (κ2) is 8.24. The molecule has 176 valence electrons. The third-order valence-corrected chi connectivity index (χ3v) is 6.05. The number of anilines is 1. The molecule has 0 aliphatic carbocycles. The quantitative estimate of drug-likeness (QED) is 0.429. The highest BCUT2D eigenvalue weighted by Crippen LogP contribution is 2.33. The van der Waals surface area contributed by atoms with Gasteiger partial charge in [-0.1, -0.05) is 0 Å². The highest BCUT2D eigenvalue weighted by Gasteiger charge is 2.27. The van der Waals surface area contributed by atoms with Gasteiger partial charge < -0.3 is 9.64 Å². The van der Waals surface area contributed by atoms with E-state index in [0.29, 0.717) is 31.3 Å². The fourth-order valence-corrected chi connectivity index (χ4v) is 4.11. The zero-order chi connectivity index (χ0) is 24.1. The van der Waals surface area contributed by atoms with Gasteiger partial charge in [-0.25, -0.2) is 23.1 Å². The molecule has 0 spiro atoms. The molecular weight excluding hydrogens is 449 g/mol. The summed E-state index contributed by atoms with van der Waals surface area (Å²) in [7, 11) is 3.34. The van der Waals surface area contributed by atoms with Crippen LogP contribution in [-0.2, 0) is 18.8 Å². The third-order valence-electron chi connectivity index (χ3n) is 6.05. The number of pyridine rings is 1. The van der Waals surface area contributed by atoms with Crippen LogP contribution in [0.4, 0.5) is 19.0 Å². The minimum absolute atomic E-state index is 0.0267. The lowest BCUT2D eigenvalue weighted by atomic mass is 10.1. The Morgan fingerprint density at radius 3 is 2.65 bits per heavy atom. The Balaban J connectivity index is 1.69. The van der Waals surface area contributed by atoms with Gasteiger partial charge in [0.15, 0.2) is 17.5 Å². The van der Waals surface area contributed by atoms with Crippen LogP contribution in [0.3, 0.4) is 0 Å². The summed E-state index contributed by atoms with van der Waals surface area (Å²) in [5.74, 6) is -3.50. The van der Waals surface area contributed by atoms with E-state index >= 15 is 0 Å². The number of hydrogen-bond donors (Lipinski definition) is 0. The number of fused-ring (bicyclic) bond motifs is 1. The van der Waals surface area contributed by atoms with E-state index in [1.165, 1.54) is 11.6 Å². The SMILES string of the molecule is Cc1nc2cc(N3CCO[C@@H](c4cnn(C)c4)C3)nc(-c3ccc(F)c(F)c3F)c2c(=O)n1C. The number of aryl methyl sites for hydroxylation is 2. The molecule has 3 aromatic heterocycles. The second-order valence-electron chi connectivity index (χ2n) is 8.22. The van der Waals surface area contributed by atoms with Gasteiger partial charge in [0.25, 0.3) is 5.56 Å². The van der Waals surface area contributed by atoms with Gasteiger partial charge in [0.05, 0.1) is 29.4 Å². The normalized spacial score (nSPS) is 16.4. The number of morpholine rings is 1. The molecule has 1 saturated heterocycles. The molecule has 1 aliphatic rings. The predicted molar refractivity (Wildman–Crippen MR) is 119 cm³/mol. The van der Waals surface area contributed by atoms with Crippen molar-refractivity contribution < 1.29 is 17.9 Å². The van der Waals surface area contributed by atoms with Crippen molar-refractivity contribution in [3.05, 3.63) is 69.8 Å². The van der Waals surface area contributed by atoms with Gasteiger partial charge in [0.2, 0.25) is 0 Å². The average Bonchev–Trinajstić information content (AvgIpc) is 3.27. The number of aromatic nitrogens is 5. The Morgan fingerprint density at radius 2 is 1.91 bits per heavy atom. The molecule has 5 rings (SSSR count).